The van der Waals surface area contributed by atoms with Crippen LogP contribution in [0.3, 0.4) is 0 Å². The predicted molar refractivity (Wildman–Crippen MR) is 109 cm³/mol. The number of rotatable bonds is 6. The molecule has 0 spiro atoms. The van der Waals surface area contributed by atoms with E-state index < -0.39 is 18.0 Å². The first kappa shape index (κ1) is 20.7. The van der Waals surface area contributed by atoms with Gasteiger partial charge in [-0.05, 0) is 51.8 Å². The van der Waals surface area contributed by atoms with Gasteiger partial charge in [-0.25, -0.2) is 14.5 Å². The van der Waals surface area contributed by atoms with Gasteiger partial charge in [0.2, 0.25) is 0 Å². The number of carbonyl (C=O) groups is 2. The molecule has 9 heteroatoms. The maximum atomic E-state index is 12.2. The van der Waals surface area contributed by atoms with Gasteiger partial charge in [0, 0.05) is 30.1 Å². The topological polar surface area (TPSA) is 98.5 Å². The van der Waals surface area contributed by atoms with Crippen LogP contribution in [0, 0.1) is 20.8 Å². The molecular formula is C20H22ClN5O3. The number of nitrogens with zero attached hydrogens (tertiary/aromatic N) is 4. The second kappa shape index (κ2) is 8.57. The van der Waals surface area contributed by atoms with Crippen molar-refractivity contribution >= 4 is 34.9 Å². The number of hydrogen-bond acceptors (Lipinski definition) is 6. The lowest BCUT2D eigenvalue weighted by Gasteiger charge is -2.14. The number of halogens is 1. The van der Waals surface area contributed by atoms with E-state index in [1.54, 1.807) is 16.6 Å². The lowest BCUT2D eigenvalue weighted by Crippen LogP contribution is -2.30. The largest absolute Gasteiger partial charge is 0.453 e. The van der Waals surface area contributed by atoms with Crippen molar-refractivity contribution in [2.24, 2.45) is 0 Å². The number of carbonyl (C=O) groups excluding carboxylic acids is 2. The van der Waals surface area contributed by atoms with Crippen molar-refractivity contribution in [2.45, 2.75) is 46.6 Å². The Morgan fingerprint density at radius 3 is 2.72 bits per heavy atom. The highest BCUT2D eigenvalue weighted by molar-refractivity contribution is 6.30. The van der Waals surface area contributed by atoms with Crippen molar-refractivity contribution in [3.8, 4) is 0 Å². The molecule has 0 aliphatic heterocycles. The Kier molecular flexibility index (Phi) is 6.12. The van der Waals surface area contributed by atoms with Gasteiger partial charge in [-0.15, -0.1) is 0 Å². The van der Waals surface area contributed by atoms with Gasteiger partial charge < -0.3 is 10.1 Å². The van der Waals surface area contributed by atoms with E-state index in [9.17, 15) is 9.59 Å². The third-order valence-corrected chi connectivity index (χ3v) is 4.74. The molecule has 1 atom stereocenters. The standard InChI is InChI=1S/C20H22ClN5O3/c1-11-9-18-23-12(2)16(13(3)26(18)25-11)6-8-19(27)29-14(4)20(28)24-17-7-5-15(21)10-22-17/h5,7,9-10,14H,6,8H2,1-4H3,(H,22,24,28)/t14-/m0/s1. The van der Waals surface area contributed by atoms with Crippen LogP contribution < -0.4 is 5.32 Å². The van der Waals surface area contributed by atoms with Crippen LogP contribution in [-0.2, 0) is 20.7 Å². The van der Waals surface area contributed by atoms with Gasteiger partial charge in [-0.3, -0.25) is 9.59 Å². The molecule has 3 aromatic rings. The normalized spacial score (nSPS) is 12.0. The first-order chi connectivity index (χ1) is 13.7. The molecule has 3 heterocycles. The first-order valence-corrected chi connectivity index (χ1v) is 9.56. The molecule has 0 fully saturated rings. The summed E-state index contributed by atoms with van der Waals surface area (Å²) in [5, 5.41) is 7.47. The zero-order chi connectivity index (χ0) is 21.1. The van der Waals surface area contributed by atoms with E-state index >= 15 is 0 Å². The quantitative estimate of drug-likeness (QED) is 0.620. The molecule has 1 N–H and O–H groups in total. The summed E-state index contributed by atoms with van der Waals surface area (Å²) in [6.07, 6.45) is 1.05. The summed E-state index contributed by atoms with van der Waals surface area (Å²) in [7, 11) is 0. The van der Waals surface area contributed by atoms with Crippen LogP contribution in [0.4, 0.5) is 5.82 Å². The van der Waals surface area contributed by atoms with Gasteiger partial charge >= 0.3 is 5.97 Å². The zero-order valence-electron chi connectivity index (χ0n) is 16.7. The number of anilines is 1. The Labute approximate surface area is 173 Å². The summed E-state index contributed by atoms with van der Waals surface area (Å²) in [5.41, 5.74) is 4.40. The van der Waals surface area contributed by atoms with Gasteiger partial charge in [0.05, 0.1) is 10.7 Å². The Balaban J connectivity index is 1.58. The molecule has 3 aromatic heterocycles. The van der Waals surface area contributed by atoms with E-state index in [-0.39, 0.29) is 6.42 Å². The Hall–Kier alpha value is -3.00. The molecule has 0 aromatic carbocycles. The van der Waals surface area contributed by atoms with Crippen LogP contribution in [0.5, 0.6) is 0 Å². The Bertz CT molecular complexity index is 1060. The summed E-state index contributed by atoms with van der Waals surface area (Å²) in [6.45, 7) is 7.28. The molecule has 152 valence electrons. The number of esters is 1. The molecular weight excluding hydrogens is 394 g/mol. The van der Waals surface area contributed by atoms with Crippen molar-refractivity contribution in [1.82, 2.24) is 19.6 Å². The molecule has 1 amide bonds. The molecule has 3 rings (SSSR count). The zero-order valence-corrected chi connectivity index (χ0v) is 17.4. The maximum absolute atomic E-state index is 12.2. The summed E-state index contributed by atoms with van der Waals surface area (Å²) in [6, 6.07) is 5.09. The summed E-state index contributed by atoms with van der Waals surface area (Å²) in [5.74, 6) is -0.592. The van der Waals surface area contributed by atoms with E-state index in [0.29, 0.717) is 17.3 Å². The molecule has 0 saturated carbocycles. The van der Waals surface area contributed by atoms with Gasteiger partial charge in [-0.2, -0.15) is 5.10 Å². The number of fused-ring (bicyclic) bond motifs is 1. The third kappa shape index (κ3) is 4.89. The van der Waals surface area contributed by atoms with E-state index in [4.69, 9.17) is 16.3 Å². The molecule has 29 heavy (non-hydrogen) atoms. The van der Waals surface area contributed by atoms with Crippen LogP contribution in [0.15, 0.2) is 24.4 Å². The van der Waals surface area contributed by atoms with E-state index in [1.165, 1.54) is 13.1 Å². The van der Waals surface area contributed by atoms with Crippen LogP contribution in [0.25, 0.3) is 5.65 Å². The van der Waals surface area contributed by atoms with E-state index in [0.717, 1.165) is 28.3 Å². The lowest BCUT2D eigenvalue weighted by atomic mass is 10.1. The minimum atomic E-state index is -0.948. The fourth-order valence-corrected chi connectivity index (χ4v) is 3.13. The van der Waals surface area contributed by atoms with E-state index in [2.05, 4.69) is 20.4 Å². The highest BCUT2D eigenvalue weighted by Gasteiger charge is 2.19. The van der Waals surface area contributed by atoms with Gasteiger partial charge in [0.25, 0.3) is 5.91 Å². The average Bonchev–Trinajstić information content (AvgIpc) is 3.03. The minimum Gasteiger partial charge on any atom is -0.453 e. The van der Waals surface area contributed by atoms with Crippen LogP contribution in [0.1, 0.15) is 36.0 Å². The molecule has 8 nitrogen and oxygen atoms in total. The fourth-order valence-electron chi connectivity index (χ4n) is 3.02. The summed E-state index contributed by atoms with van der Waals surface area (Å²) < 4.78 is 7.03. The number of aryl methyl sites for hydroxylation is 3. The fraction of sp³-hybridized carbons (Fsp3) is 0.350. The van der Waals surface area contributed by atoms with Crippen molar-refractivity contribution in [1.29, 1.82) is 0 Å². The second-order valence-corrected chi connectivity index (χ2v) is 7.24. The number of ether oxygens (including phenoxy) is 1. The van der Waals surface area contributed by atoms with Gasteiger partial charge in [0.1, 0.15) is 5.82 Å². The van der Waals surface area contributed by atoms with Crippen LogP contribution >= 0.6 is 11.6 Å². The molecule has 0 aliphatic rings. The van der Waals surface area contributed by atoms with Gasteiger partial charge in [0.15, 0.2) is 11.8 Å². The Morgan fingerprint density at radius 2 is 2.03 bits per heavy atom. The molecule has 0 saturated heterocycles. The van der Waals surface area contributed by atoms with Gasteiger partial charge in [-0.1, -0.05) is 11.6 Å². The first-order valence-electron chi connectivity index (χ1n) is 9.19. The second-order valence-electron chi connectivity index (χ2n) is 6.80. The summed E-state index contributed by atoms with van der Waals surface area (Å²) >= 11 is 5.77. The number of aromatic nitrogens is 4. The third-order valence-electron chi connectivity index (χ3n) is 4.52. The average molecular weight is 416 g/mol. The summed E-state index contributed by atoms with van der Waals surface area (Å²) in [4.78, 5) is 32.9. The molecule has 0 bridgehead atoms. The van der Waals surface area contributed by atoms with Crippen LogP contribution in [0.2, 0.25) is 5.02 Å². The number of hydrogen-bond donors (Lipinski definition) is 1. The highest BCUT2D eigenvalue weighted by Crippen LogP contribution is 2.17. The predicted octanol–water partition coefficient (Wildman–Crippen LogP) is 3.21. The van der Waals surface area contributed by atoms with E-state index in [1.807, 2.05) is 26.8 Å². The van der Waals surface area contributed by atoms with Crippen molar-refractivity contribution in [3.63, 3.8) is 0 Å². The number of amides is 1. The SMILES string of the molecule is Cc1cc2nc(C)c(CCC(=O)O[C@@H](C)C(=O)Nc3ccc(Cl)cn3)c(C)n2n1. The lowest BCUT2D eigenvalue weighted by molar-refractivity contribution is -0.153. The highest BCUT2D eigenvalue weighted by atomic mass is 35.5. The van der Waals surface area contributed by atoms with Crippen molar-refractivity contribution < 1.29 is 14.3 Å². The number of pyridine rings is 1. The smallest absolute Gasteiger partial charge is 0.306 e. The van der Waals surface area contributed by atoms with Crippen molar-refractivity contribution in [3.05, 3.63) is 52.1 Å². The number of nitrogens with one attached hydrogen (secondary N) is 1. The van der Waals surface area contributed by atoms with Crippen LogP contribution in [-0.4, -0.2) is 37.6 Å². The molecule has 0 radical (unpaired) electrons. The van der Waals surface area contributed by atoms with Crippen molar-refractivity contribution in [2.75, 3.05) is 5.32 Å². The molecule has 0 aliphatic carbocycles. The maximum Gasteiger partial charge on any atom is 0.306 e. The monoisotopic (exact) mass is 415 g/mol. The minimum absolute atomic E-state index is 0.131. The molecule has 0 unspecified atom stereocenters. The Morgan fingerprint density at radius 1 is 1.28 bits per heavy atom.